The highest BCUT2D eigenvalue weighted by Gasteiger charge is 2.11. The van der Waals surface area contributed by atoms with E-state index in [9.17, 15) is 0 Å². The summed E-state index contributed by atoms with van der Waals surface area (Å²) in [5, 5.41) is 17.7. The molecule has 1 aromatic rings. The average Bonchev–Trinajstić information content (AvgIpc) is 2.15. The first-order chi connectivity index (χ1) is 6.24. The zero-order valence-corrected chi connectivity index (χ0v) is 7.47. The number of pyridine rings is 1. The standard InChI is InChI=1S/C8H12BNO3/c1-2-5-13-8-6-7(9(11)12)3-4-10-8/h3-4,6,11-12H,2,5H2,1H3. The van der Waals surface area contributed by atoms with E-state index in [2.05, 4.69) is 4.98 Å². The van der Waals surface area contributed by atoms with Crippen LogP contribution in [-0.4, -0.2) is 28.8 Å². The normalized spacial score (nSPS) is 9.77. The van der Waals surface area contributed by atoms with Gasteiger partial charge >= 0.3 is 7.12 Å². The molecule has 0 amide bonds. The lowest BCUT2D eigenvalue weighted by molar-refractivity contribution is 0.305. The third kappa shape index (κ3) is 3.04. The van der Waals surface area contributed by atoms with Gasteiger partial charge in [0, 0.05) is 12.3 Å². The van der Waals surface area contributed by atoms with E-state index in [1.54, 1.807) is 0 Å². The van der Waals surface area contributed by atoms with E-state index < -0.39 is 7.12 Å². The highest BCUT2D eigenvalue weighted by atomic mass is 16.5. The van der Waals surface area contributed by atoms with Crippen molar-refractivity contribution in [3.05, 3.63) is 18.3 Å². The van der Waals surface area contributed by atoms with Crippen LogP contribution in [0, 0.1) is 0 Å². The molecule has 13 heavy (non-hydrogen) atoms. The second-order valence-corrected chi connectivity index (χ2v) is 2.65. The van der Waals surface area contributed by atoms with Crippen LogP contribution in [0.25, 0.3) is 0 Å². The largest absolute Gasteiger partial charge is 0.488 e. The van der Waals surface area contributed by atoms with E-state index in [-0.39, 0.29) is 0 Å². The van der Waals surface area contributed by atoms with Gasteiger partial charge in [-0.2, -0.15) is 0 Å². The Hall–Kier alpha value is -1.07. The van der Waals surface area contributed by atoms with Gasteiger partial charge in [0.05, 0.1) is 6.61 Å². The number of hydrogen-bond acceptors (Lipinski definition) is 4. The van der Waals surface area contributed by atoms with Gasteiger partial charge in [0.2, 0.25) is 5.88 Å². The molecule has 0 atom stereocenters. The van der Waals surface area contributed by atoms with Crippen molar-refractivity contribution in [2.75, 3.05) is 6.61 Å². The van der Waals surface area contributed by atoms with E-state index in [1.807, 2.05) is 6.92 Å². The van der Waals surface area contributed by atoms with Crippen LogP contribution in [0.3, 0.4) is 0 Å². The number of ether oxygens (including phenoxy) is 1. The SMILES string of the molecule is CCCOc1cc(B(O)O)ccn1. The Balaban J connectivity index is 2.68. The summed E-state index contributed by atoms with van der Waals surface area (Å²) in [5.74, 6) is 0.424. The topological polar surface area (TPSA) is 62.6 Å². The molecular weight excluding hydrogens is 169 g/mol. The summed E-state index contributed by atoms with van der Waals surface area (Å²) in [4.78, 5) is 3.91. The second kappa shape index (κ2) is 4.84. The first kappa shape index (κ1) is 10.0. The van der Waals surface area contributed by atoms with Gasteiger partial charge in [-0.15, -0.1) is 0 Å². The van der Waals surface area contributed by atoms with Crippen molar-refractivity contribution in [1.82, 2.24) is 4.98 Å². The third-order valence-corrected chi connectivity index (χ3v) is 1.51. The molecular formula is C8H12BNO3. The molecule has 0 aromatic carbocycles. The van der Waals surface area contributed by atoms with Crippen LogP contribution in [0.2, 0.25) is 0 Å². The Labute approximate surface area is 77.3 Å². The summed E-state index contributed by atoms with van der Waals surface area (Å²) in [5.41, 5.74) is 0.390. The van der Waals surface area contributed by atoms with Crippen LogP contribution in [0.4, 0.5) is 0 Å². The van der Waals surface area contributed by atoms with Gasteiger partial charge in [0.25, 0.3) is 0 Å². The van der Waals surface area contributed by atoms with Crippen molar-refractivity contribution in [3.8, 4) is 5.88 Å². The minimum atomic E-state index is -1.47. The highest BCUT2D eigenvalue weighted by Crippen LogP contribution is 2.02. The lowest BCUT2D eigenvalue weighted by Gasteiger charge is -2.04. The zero-order chi connectivity index (χ0) is 9.68. The maximum absolute atomic E-state index is 8.85. The molecule has 0 aliphatic rings. The highest BCUT2D eigenvalue weighted by molar-refractivity contribution is 6.58. The van der Waals surface area contributed by atoms with E-state index in [1.165, 1.54) is 18.3 Å². The molecule has 0 fully saturated rings. The van der Waals surface area contributed by atoms with E-state index in [0.29, 0.717) is 17.9 Å². The Morgan fingerprint density at radius 3 is 2.92 bits per heavy atom. The van der Waals surface area contributed by atoms with Crippen LogP contribution >= 0.6 is 0 Å². The van der Waals surface area contributed by atoms with E-state index in [0.717, 1.165) is 6.42 Å². The molecule has 0 saturated carbocycles. The fraction of sp³-hybridized carbons (Fsp3) is 0.375. The molecule has 5 heteroatoms. The monoisotopic (exact) mass is 181 g/mol. The second-order valence-electron chi connectivity index (χ2n) is 2.65. The fourth-order valence-corrected chi connectivity index (χ4v) is 0.871. The van der Waals surface area contributed by atoms with Crippen molar-refractivity contribution in [2.45, 2.75) is 13.3 Å². The van der Waals surface area contributed by atoms with Gasteiger partial charge in [-0.25, -0.2) is 4.98 Å². The molecule has 0 spiro atoms. The zero-order valence-electron chi connectivity index (χ0n) is 7.47. The third-order valence-electron chi connectivity index (χ3n) is 1.51. The lowest BCUT2D eigenvalue weighted by atomic mass is 9.81. The number of nitrogens with zero attached hydrogens (tertiary/aromatic N) is 1. The molecule has 1 rings (SSSR count). The predicted molar refractivity (Wildman–Crippen MR) is 49.8 cm³/mol. The Morgan fingerprint density at radius 2 is 2.31 bits per heavy atom. The van der Waals surface area contributed by atoms with Crippen molar-refractivity contribution in [1.29, 1.82) is 0 Å². The Kier molecular flexibility index (Phi) is 3.73. The van der Waals surface area contributed by atoms with Crippen LogP contribution < -0.4 is 10.2 Å². The molecule has 0 saturated heterocycles. The van der Waals surface area contributed by atoms with Crippen LogP contribution in [0.15, 0.2) is 18.3 Å². The van der Waals surface area contributed by atoms with Gasteiger partial charge in [0.1, 0.15) is 0 Å². The summed E-state index contributed by atoms with van der Waals surface area (Å²) in [7, 11) is -1.47. The molecule has 0 aliphatic carbocycles. The maximum atomic E-state index is 8.85. The fourth-order valence-electron chi connectivity index (χ4n) is 0.871. The smallest absolute Gasteiger partial charge is 0.478 e. The van der Waals surface area contributed by atoms with Crippen molar-refractivity contribution in [2.24, 2.45) is 0 Å². The maximum Gasteiger partial charge on any atom is 0.488 e. The van der Waals surface area contributed by atoms with Crippen molar-refractivity contribution >= 4 is 12.6 Å². The average molecular weight is 181 g/mol. The quantitative estimate of drug-likeness (QED) is 0.617. The summed E-state index contributed by atoms with van der Waals surface area (Å²) in [6.07, 6.45) is 2.38. The summed E-state index contributed by atoms with van der Waals surface area (Å²) in [6, 6.07) is 3.05. The minimum Gasteiger partial charge on any atom is -0.478 e. The molecule has 2 N–H and O–H groups in total. The van der Waals surface area contributed by atoms with E-state index in [4.69, 9.17) is 14.8 Å². The van der Waals surface area contributed by atoms with Crippen LogP contribution in [0.1, 0.15) is 13.3 Å². The molecule has 0 bridgehead atoms. The van der Waals surface area contributed by atoms with Crippen LogP contribution in [0.5, 0.6) is 5.88 Å². The van der Waals surface area contributed by atoms with E-state index >= 15 is 0 Å². The molecule has 4 nitrogen and oxygen atoms in total. The van der Waals surface area contributed by atoms with Crippen molar-refractivity contribution < 1.29 is 14.8 Å². The van der Waals surface area contributed by atoms with Gasteiger partial charge in [0.15, 0.2) is 0 Å². The Bertz CT molecular complexity index is 267. The summed E-state index contributed by atoms with van der Waals surface area (Å²) in [6.45, 7) is 2.57. The first-order valence-electron chi connectivity index (χ1n) is 4.19. The first-order valence-corrected chi connectivity index (χ1v) is 4.19. The molecule has 1 aromatic heterocycles. The number of hydrogen-bond donors (Lipinski definition) is 2. The molecule has 1 heterocycles. The van der Waals surface area contributed by atoms with Gasteiger partial charge in [-0.1, -0.05) is 6.92 Å². The predicted octanol–water partition coefficient (Wildman–Crippen LogP) is -0.450. The number of aromatic nitrogens is 1. The molecule has 70 valence electrons. The molecule has 0 aliphatic heterocycles. The van der Waals surface area contributed by atoms with Gasteiger partial charge in [-0.3, -0.25) is 0 Å². The summed E-state index contributed by atoms with van der Waals surface area (Å²) < 4.78 is 5.21. The minimum absolute atomic E-state index is 0.390. The van der Waals surface area contributed by atoms with Crippen molar-refractivity contribution in [3.63, 3.8) is 0 Å². The molecule has 0 unspecified atom stereocenters. The number of rotatable bonds is 4. The Morgan fingerprint density at radius 1 is 1.54 bits per heavy atom. The van der Waals surface area contributed by atoms with Crippen LogP contribution in [-0.2, 0) is 0 Å². The van der Waals surface area contributed by atoms with Gasteiger partial charge < -0.3 is 14.8 Å². The lowest BCUT2D eigenvalue weighted by Crippen LogP contribution is -2.29. The molecule has 0 radical (unpaired) electrons. The van der Waals surface area contributed by atoms with Gasteiger partial charge in [-0.05, 0) is 17.9 Å². The summed E-state index contributed by atoms with van der Waals surface area (Å²) >= 11 is 0.